The molecular weight excluding hydrogens is 368 g/mol. The lowest BCUT2D eigenvalue weighted by atomic mass is 10.1. The van der Waals surface area contributed by atoms with E-state index >= 15 is 0 Å². The van der Waals surface area contributed by atoms with Crippen molar-refractivity contribution in [2.75, 3.05) is 11.5 Å². The van der Waals surface area contributed by atoms with Crippen molar-refractivity contribution in [1.82, 2.24) is 0 Å². The van der Waals surface area contributed by atoms with E-state index in [4.69, 9.17) is 16.2 Å². The Hall–Kier alpha value is -3.57. The summed E-state index contributed by atoms with van der Waals surface area (Å²) < 4.78 is 5.37. The SMILES string of the molecule is Nc1ccc(OC(=O)c2ccc(-c3ccc(-c4ccc(N)cc4)s3)cc2)cc1. The van der Waals surface area contributed by atoms with Crippen LogP contribution in [0.1, 0.15) is 10.4 Å². The molecule has 0 unspecified atom stereocenters. The maximum Gasteiger partial charge on any atom is 0.343 e. The molecule has 0 amide bonds. The summed E-state index contributed by atoms with van der Waals surface area (Å²) in [7, 11) is 0. The maximum atomic E-state index is 12.3. The number of esters is 1. The Morgan fingerprint density at radius 1 is 0.643 bits per heavy atom. The molecular formula is C23H18N2O2S. The van der Waals surface area contributed by atoms with Crippen molar-refractivity contribution >= 4 is 28.7 Å². The lowest BCUT2D eigenvalue weighted by Gasteiger charge is -2.05. The van der Waals surface area contributed by atoms with Gasteiger partial charge in [0.1, 0.15) is 5.75 Å². The van der Waals surface area contributed by atoms with Gasteiger partial charge in [-0.3, -0.25) is 0 Å². The van der Waals surface area contributed by atoms with E-state index in [-0.39, 0.29) is 0 Å². The predicted octanol–water partition coefficient (Wildman–Crippen LogP) is 5.47. The molecule has 0 spiro atoms. The van der Waals surface area contributed by atoms with Crippen molar-refractivity contribution in [1.29, 1.82) is 0 Å². The fourth-order valence-electron chi connectivity index (χ4n) is 2.77. The Labute approximate surface area is 167 Å². The maximum absolute atomic E-state index is 12.3. The van der Waals surface area contributed by atoms with Crippen LogP contribution in [-0.2, 0) is 0 Å². The fraction of sp³-hybridized carbons (Fsp3) is 0. The van der Waals surface area contributed by atoms with E-state index in [9.17, 15) is 4.79 Å². The van der Waals surface area contributed by atoms with Gasteiger partial charge in [0.25, 0.3) is 0 Å². The first-order valence-corrected chi connectivity index (χ1v) is 9.54. The van der Waals surface area contributed by atoms with Crippen molar-refractivity contribution in [2.24, 2.45) is 0 Å². The van der Waals surface area contributed by atoms with Gasteiger partial charge in [-0.15, -0.1) is 11.3 Å². The van der Waals surface area contributed by atoms with Gasteiger partial charge in [0.15, 0.2) is 0 Å². The number of hydrogen-bond donors (Lipinski definition) is 2. The molecule has 4 rings (SSSR count). The van der Waals surface area contributed by atoms with E-state index in [1.54, 1.807) is 47.7 Å². The van der Waals surface area contributed by atoms with Crippen LogP contribution in [0.5, 0.6) is 5.75 Å². The largest absolute Gasteiger partial charge is 0.423 e. The molecule has 0 aliphatic carbocycles. The third-order valence-electron chi connectivity index (χ3n) is 4.30. The molecule has 0 fully saturated rings. The smallest absolute Gasteiger partial charge is 0.343 e. The minimum Gasteiger partial charge on any atom is -0.423 e. The number of hydrogen-bond acceptors (Lipinski definition) is 5. The average Bonchev–Trinajstić information content (AvgIpc) is 3.20. The molecule has 4 aromatic rings. The number of carbonyl (C=O) groups excluding carboxylic acids is 1. The first-order valence-electron chi connectivity index (χ1n) is 8.72. The number of rotatable bonds is 4. The number of benzene rings is 3. The van der Waals surface area contributed by atoms with Gasteiger partial charge in [-0.2, -0.15) is 0 Å². The van der Waals surface area contributed by atoms with Crippen LogP contribution in [0.4, 0.5) is 11.4 Å². The third-order valence-corrected chi connectivity index (χ3v) is 5.48. The molecule has 0 aliphatic heterocycles. The van der Waals surface area contributed by atoms with Gasteiger partial charge in [0, 0.05) is 21.1 Å². The summed E-state index contributed by atoms with van der Waals surface area (Å²) in [4.78, 5) is 14.6. The highest BCUT2D eigenvalue weighted by atomic mass is 32.1. The van der Waals surface area contributed by atoms with Crippen molar-refractivity contribution in [3.8, 4) is 26.6 Å². The van der Waals surface area contributed by atoms with Crippen LogP contribution in [-0.4, -0.2) is 5.97 Å². The topological polar surface area (TPSA) is 78.3 Å². The minimum atomic E-state index is -0.398. The van der Waals surface area contributed by atoms with Crippen molar-refractivity contribution in [3.63, 3.8) is 0 Å². The number of ether oxygens (including phenoxy) is 1. The number of carbonyl (C=O) groups is 1. The van der Waals surface area contributed by atoms with Crippen LogP contribution >= 0.6 is 11.3 Å². The Balaban J connectivity index is 1.49. The van der Waals surface area contributed by atoms with Crippen LogP contribution in [0.2, 0.25) is 0 Å². The normalized spacial score (nSPS) is 10.6. The molecule has 0 saturated carbocycles. The van der Waals surface area contributed by atoms with E-state index in [1.807, 2.05) is 36.4 Å². The standard InChI is InChI=1S/C23H18N2O2S/c24-18-7-5-16(6-8-18)22-14-13-21(28-22)15-1-3-17(4-2-15)23(26)27-20-11-9-19(25)10-12-20/h1-14H,24-25H2. The summed E-state index contributed by atoms with van der Waals surface area (Å²) in [6.45, 7) is 0. The number of nitrogens with two attached hydrogens (primary N) is 2. The fourth-order valence-corrected chi connectivity index (χ4v) is 3.78. The zero-order valence-electron chi connectivity index (χ0n) is 15.0. The lowest BCUT2D eigenvalue weighted by Crippen LogP contribution is -2.08. The van der Waals surface area contributed by atoms with Gasteiger partial charge in [0.05, 0.1) is 5.56 Å². The molecule has 5 heteroatoms. The zero-order valence-corrected chi connectivity index (χ0v) is 15.8. The van der Waals surface area contributed by atoms with Gasteiger partial charge in [0.2, 0.25) is 0 Å². The van der Waals surface area contributed by atoms with Gasteiger partial charge in [-0.25, -0.2) is 4.79 Å². The van der Waals surface area contributed by atoms with E-state index in [0.29, 0.717) is 17.0 Å². The average molecular weight is 386 g/mol. The molecule has 4 nitrogen and oxygen atoms in total. The van der Waals surface area contributed by atoms with Crippen LogP contribution in [0, 0.1) is 0 Å². The van der Waals surface area contributed by atoms with Gasteiger partial charge >= 0.3 is 5.97 Å². The summed E-state index contributed by atoms with van der Waals surface area (Å²) in [5.74, 6) is 0.0692. The molecule has 0 saturated heterocycles. The van der Waals surface area contributed by atoms with Gasteiger partial charge in [-0.05, 0) is 71.8 Å². The highest BCUT2D eigenvalue weighted by molar-refractivity contribution is 7.18. The molecule has 4 N–H and O–H groups in total. The number of thiophene rings is 1. The summed E-state index contributed by atoms with van der Waals surface area (Å²) in [6.07, 6.45) is 0. The molecule has 1 aromatic heterocycles. The summed E-state index contributed by atoms with van der Waals surface area (Å²) >= 11 is 1.69. The molecule has 3 aromatic carbocycles. The van der Waals surface area contributed by atoms with Crippen LogP contribution < -0.4 is 16.2 Å². The summed E-state index contributed by atoms with van der Waals surface area (Å²) in [5.41, 5.74) is 15.5. The van der Waals surface area contributed by atoms with E-state index < -0.39 is 5.97 Å². The Kier molecular flexibility index (Phi) is 4.83. The molecule has 0 bridgehead atoms. The quantitative estimate of drug-likeness (QED) is 0.277. The van der Waals surface area contributed by atoms with Crippen molar-refractivity contribution < 1.29 is 9.53 Å². The molecule has 0 aliphatic rings. The van der Waals surface area contributed by atoms with Crippen LogP contribution in [0.15, 0.2) is 84.9 Å². The van der Waals surface area contributed by atoms with E-state index in [1.165, 1.54) is 4.88 Å². The Morgan fingerprint density at radius 3 is 1.64 bits per heavy atom. The summed E-state index contributed by atoms with van der Waals surface area (Å²) in [5, 5.41) is 0. The van der Waals surface area contributed by atoms with E-state index in [0.717, 1.165) is 21.7 Å². The van der Waals surface area contributed by atoms with Crippen LogP contribution in [0.3, 0.4) is 0 Å². The van der Waals surface area contributed by atoms with Crippen molar-refractivity contribution in [3.05, 3.63) is 90.5 Å². The number of anilines is 2. The van der Waals surface area contributed by atoms with E-state index in [2.05, 4.69) is 12.1 Å². The molecule has 28 heavy (non-hydrogen) atoms. The monoisotopic (exact) mass is 386 g/mol. The van der Waals surface area contributed by atoms with Crippen LogP contribution in [0.25, 0.3) is 20.9 Å². The zero-order chi connectivity index (χ0) is 19.5. The van der Waals surface area contributed by atoms with Gasteiger partial charge in [-0.1, -0.05) is 24.3 Å². The third kappa shape index (κ3) is 3.89. The molecule has 0 atom stereocenters. The molecule has 0 radical (unpaired) electrons. The molecule has 1 heterocycles. The molecule has 138 valence electrons. The second-order valence-corrected chi connectivity index (χ2v) is 7.41. The Morgan fingerprint density at radius 2 is 1.11 bits per heavy atom. The first kappa shape index (κ1) is 17.8. The van der Waals surface area contributed by atoms with Gasteiger partial charge < -0.3 is 16.2 Å². The predicted molar refractivity (Wildman–Crippen MR) is 115 cm³/mol. The highest BCUT2D eigenvalue weighted by Gasteiger charge is 2.10. The second-order valence-electron chi connectivity index (χ2n) is 6.32. The van der Waals surface area contributed by atoms with Crippen molar-refractivity contribution in [2.45, 2.75) is 0 Å². The Bertz CT molecular complexity index is 1100. The summed E-state index contributed by atoms with van der Waals surface area (Å²) in [6, 6.07) is 26.1. The highest BCUT2D eigenvalue weighted by Crippen LogP contribution is 2.34. The minimum absolute atomic E-state index is 0.398. The first-order chi connectivity index (χ1) is 13.6. The lowest BCUT2D eigenvalue weighted by molar-refractivity contribution is 0.0735. The second kappa shape index (κ2) is 7.58. The number of nitrogen functional groups attached to an aromatic ring is 2.